The van der Waals surface area contributed by atoms with Crippen molar-refractivity contribution in [3.8, 4) is 0 Å². The molecule has 0 radical (unpaired) electrons. The first kappa shape index (κ1) is 10.9. The molecule has 17 heavy (non-hydrogen) atoms. The van der Waals surface area contributed by atoms with Gasteiger partial charge in [-0.15, -0.1) is 11.3 Å². The van der Waals surface area contributed by atoms with Gasteiger partial charge in [0.1, 0.15) is 0 Å². The van der Waals surface area contributed by atoms with Crippen LogP contribution in [0.2, 0.25) is 0 Å². The predicted molar refractivity (Wildman–Crippen MR) is 75.5 cm³/mol. The average Bonchev–Trinajstić information content (AvgIpc) is 2.75. The monoisotopic (exact) mass is 307 g/mol. The zero-order valence-corrected chi connectivity index (χ0v) is 11.5. The Morgan fingerprint density at radius 1 is 1.35 bits per heavy atom. The number of rotatable bonds is 1. The van der Waals surface area contributed by atoms with Gasteiger partial charge in [-0.1, -0.05) is 0 Å². The first-order valence-electron chi connectivity index (χ1n) is 5.30. The summed E-state index contributed by atoms with van der Waals surface area (Å²) in [5.41, 5.74) is 2.05. The van der Waals surface area contributed by atoms with Crippen molar-refractivity contribution in [3.63, 3.8) is 0 Å². The van der Waals surface area contributed by atoms with E-state index in [9.17, 15) is 0 Å². The number of hydrogen-bond donors (Lipinski definition) is 1. The minimum Gasteiger partial charge on any atom is -0.374 e. The Labute approximate surface area is 112 Å². The fourth-order valence-electron chi connectivity index (χ4n) is 1.83. The Hall–Kier alpha value is -1.20. The fraction of sp³-hybridized carbons (Fsp3) is 0.167. The van der Waals surface area contributed by atoms with Gasteiger partial charge in [-0.3, -0.25) is 0 Å². The average molecular weight is 308 g/mol. The van der Waals surface area contributed by atoms with Crippen molar-refractivity contribution in [3.05, 3.63) is 39.1 Å². The highest BCUT2D eigenvalue weighted by molar-refractivity contribution is 9.11. The van der Waals surface area contributed by atoms with Crippen LogP contribution in [0.3, 0.4) is 0 Å². The van der Waals surface area contributed by atoms with Crippen molar-refractivity contribution in [2.45, 2.75) is 13.0 Å². The highest BCUT2D eigenvalue weighted by atomic mass is 79.9. The van der Waals surface area contributed by atoms with Crippen molar-refractivity contribution in [1.29, 1.82) is 0 Å². The maximum Gasteiger partial charge on any atom is 0.175 e. The van der Waals surface area contributed by atoms with Crippen LogP contribution in [-0.4, -0.2) is 16.7 Å². The van der Waals surface area contributed by atoms with Gasteiger partial charge in [-0.25, -0.2) is 9.98 Å². The maximum absolute atomic E-state index is 4.64. The first-order valence-corrected chi connectivity index (χ1v) is 6.91. The van der Waals surface area contributed by atoms with E-state index < -0.39 is 0 Å². The third-order valence-electron chi connectivity index (χ3n) is 2.62. The van der Waals surface area contributed by atoms with Crippen LogP contribution in [-0.2, 0) is 0 Å². The van der Waals surface area contributed by atoms with Crippen LogP contribution in [0.5, 0.6) is 0 Å². The Morgan fingerprint density at radius 3 is 3.00 bits per heavy atom. The molecule has 5 heteroatoms. The SMILES string of the molecule is C[C@H]1Nc2cccnc2N=C1c1ccc(Br)s1. The molecule has 0 fully saturated rings. The zero-order chi connectivity index (χ0) is 11.8. The topological polar surface area (TPSA) is 37.3 Å². The highest BCUT2D eigenvalue weighted by Gasteiger charge is 2.21. The van der Waals surface area contributed by atoms with Crippen molar-refractivity contribution in [2.24, 2.45) is 4.99 Å². The summed E-state index contributed by atoms with van der Waals surface area (Å²) in [7, 11) is 0. The molecule has 0 spiro atoms. The van der Waals surface area contributed by atoms with Gasteiger partial charge in [-0.2, -0.15) is 0 Å². The van der Waals surface area contributed by atoms with Crippen LogP contribution in [0, 0.1) is 0 Å². The van der Waals surface area contributed by atoms with Crippen molar-refractivity contribution < 1.29 is 0 Å². The second-order valence-electron chi connectivity index (χ2n) is 3.84. The van der Waals surface area contributed by atoms with Crippen molar-refractivity contribution in [1.82, 2.24) is 4.98 Å². The molecule has 1 aliphatic rings. The summed E-state index contributed by atoms with van der Waals surface area (Å²) in [5, 5.41) is 3.42. The standard InChI is InChI=1S/C12H10BrN3S/c1-7-11(9-4-5-10(13)17-9)16-12-8(15-7)3-2-6-14-12/h2-7,15H,1H3/t7-/m1/s1. The van der Waals surface area contributed by atoms with Gasteiger partial charge in [-0.05, 0) is 47.1 Å². The van der Waals surface area contributed by atoms with Crippen LogP contribution in [0.4, 0.5) is 11.5 Å². The fourth-order valence-corrected chi connectivity index (χ4v) is 3.30. The summed E-state index contributed by atoms with van der Waals surface area (Å²) < 4.78 is 1.12. The number of anilines is 1. The summed E-state index contributed by atoms with van der Waals surface area (Å²) in [4.78, 5) is 10.1. The number of nitrogens with zero attached hydrogens (tertiary/aromatic N) is 2. The summed E-state index contributed by atoms with van der Waals surface area (Å²) >= 11 is 5.17. The van der Waals surface area contributed by atoms with Gasteiger partial charge < -0.3 is 5.32 Å². The van der Waals surface area contributed by atoms with E-state index in [1.807, 2.05) is 18.2 Å². The first-order chi connectivity index (χ1) is 8.24. The second-order valence-corrected chi connectivity index (χ2v) is 6.30. The number of aromatic nitrogens is 1. The van der Waals surface area contributed by atoms with Gasteiger partial charge in [0.15, 0.2) is 5.82 Å². The molecule has 2 aromatic heterocycles. The molecule has 0 aromatic carbocycles. The van der Waals surface area contributed by atoms with Crippen LogP contribution in [0.1, 0.15) is 11.8 Å². The van der Waals surface area contributed by atoms with E-state index in [-0.39, 0.29) is 6.04 Å². The molecule has 3 nitrogen and oxygen atoms in total. The number of thiophene rings is 1. The van der Waals surface area contributed by atoms with E-state index in [0.29, 0.717) is 0 Å². The number of fused-ring (bicyclic) bond motifs is 1. The van der Waals surface area contributed by atoms with E-state index in [2.05, 4.69) is 44.2 Å². The van der Waals surface area contributed by atoms with Gasteiger partial charge in [0.25, 0.3) is 0 Å². The smallest absolute Gasteiger partial charge is 0.175 e. The highest BCUT2D eigenvalue weighted by Crippen LogP contribution is 2.31. The van der Waals surface area contributed by atoms with Gasteiger partial charge >= 0.3 is 0 Å². The summed E-state index contributed by atoms with van der Waals surface area (Å²) in [6.45, 7) is 2.11. The molecule has 86 valence electrons. The number of halogens is 1. The largest absolute Gasteiger partial charge is 0.374 e. The maximum atomic E-state index is 4.64. The van der Waals surface area contributed by atoms with Gasteiger partial charge in [0.2, 0.25) is 0 Å². The lowest BCUT2D eigenvalue weighted by Crippen LogP contribution is -2.29. The van der Waals surface area contributed by atoms with Crippen LogP contribution in [0.15, 0.2) is 39.2 Å². The van der Waals surface area contributed by atoms with E-state index in [4.69, 9.17) is 0 Å². The van der Waals surface area contributed by atoms with Crippen molar-refractivity contribution in [2.75, 3.05) is 5.32 Å². The van der Waals surface area contributed by atoms with Gasteiger partial charge in [0, 0.05) is 6.20 Å². The molecule has 2 aromatic rings. The molecule has 0 amide bonds. The second kappa shape index (κ2) is 4.23. The van der Waals surface area contributed by atoms with Crippen LogP contribution in [0.25, 0.3) is 0 Å². The number of hydrogen-bond acceptors (Lipinski definition) is 4. The molecular weight excluding hydrogens is 298 g/mol. The molecule has 0 aliphatic carbocycles. The Morgan fingerprint density at radius 2 is 2.24 bits per heavy atom. The van der Waals surface area contributed by atoms with E-state index in [1.165, 1.54) is 4.88 Å². The van der Waals surface area contributed by atoms with E-state index in [0.717, 1.165) is 21.0 Å². The molecule has 1 aliphatic heterocycles. The molecule has 0 bridgehead atoms. The Kier molecular flexibility index (Phi) is 2.72. The minimum atomic E-state index is 0.206. The Balaban J connectivity index is 2.09. The minimum absolute atomic E-state index is 0.206. The lowest BCUT2D eigenvalue weighted by molar-refractivity contribution is 1.02. The van der Waals surface area contributed by atoms with E-state index >= 15 is 0 Å². The molecule has 3 rings (SSSR count). The van der Waals surface area contributed by atoms with Gasteiger partial charge in [0.05, 0.1) is 26.1 Å². The normalized spacial score (nSPS) is 18.2. The lowest BCUT2D eigenvalue weighted by Gasteiger charge is -2.22. The lowest BCUT2D eigenvalue weighted by atomic mass is 10.1. The summed E-state index contributed by atoms with van der Waals surface area (Å²) in [6.07, 6.45) is 1.77. The molecule has 1 N–H and O–H groups in total. The number of aliphatic imine (C=N–C) groups is 1. The van der Waals surface area contributed by atoms with Crippen LogP contribution >= 0.6 is 27.3 Å². The molecule has 3 heterocycles. The number of nitrogens with one attached hydrogen (secondary N) is 1. The van der Waals surface area contributed by atoms with E-state index in [1.54, 1.807) is 17.5 Å². The molecule has 0 saturated carbocycles. The Bertz CT molecular complexity index is 591. The molecule has 0 unspecified atom stereocenters. The summed E-state index contributed by atoms with van der Waals surface area (Å²) in [5.74, 6) is 0.769. The molecular formula is C12H10BrN3S. The zero-order valence-electron chi connectivity index (χ0n) is 9.14. The third kappa shape index (κ3) is 2.00. The quantitative estimate of drug-likeness (QED) is 0.869. The molecule has 1 atom stereocenters. The predicted octanol–water partition coefficient (Wildman–Crippen LogP) is 3.84. The number of pyridine rings is 1. The van der Waals surface area contributed by atoms with Crippen molar-refractivity contribution >= 4 is 44.5 Å². The molecule has 0 saturated heterocycles. The summed E-state index contributed by atoms with van der Waals surface area (Å²) in [6, 6.07) is 8.25. The van der Waals surface area contributed by atoms with Crippen LogP contribution < -0.4 is 5.32 Å². The third-order valence-corrected chi connectivity index (χ3v) is 4.27.